The van der Waals surface area contributed by atoms with E-state index in [2.05, 4.69) is 5.73 Å². The minimum absolute atomic E-state index is 0. The third-order valence-electron chi connectivity index (χ3n) is 1.52. The second-order valence-corrected chi connectivity index (χ2v) is 2.10. The summed E-state index contributed by atoms with van der Waals surface area (Å²) in [5, 5.41) is 2.01. The Bertz CT molecular complexity index is 89.2. The molecule has 0 amide bonds. The molecule has 0 aromatic carbocycles. The molecule has 118 valence electrons. The smallest absolute Gasteiger partial charge is 0.198 e. The van der Waals surface area contributed by atoms with Crippen LogP contribution in [0.4, 0.5) is 0 Å². The zero-order valence-corrected chi connectivity index (χ0v) is 14.7. The summed E-state index contributed by atoms with van der Waals surface area (Å²) in [5.41, 5.74) is 3.25. The summed E-state index contributed by atoms with van der Waals surface area (Å²) in [6.45, 7) is 0. The molecule has 1 aliphatic carbocycles. The van der Waals surface area contributed by atoms with Crippen LogP contribution >= 0.6 is 0 Å². The molecule has 1 rings (SSSR count). The van der Waals surface area contributed by atoms with Crippen molar-refractivity contribution < 1.29 is 72.9 Å². The Hall–Kier alpha value is 0.890. The summed E-state index contributed by atoms with van der Waals surface area (Å²) in [6, 6.07) is 0.292. The summed E-state index contributed by atoms with van der Waals surface area (Å²) in [6.07, 6.45) is 4.65. The van der Waals surface area contributed by atoms with E-state index in [0.29, 0.717) is 6.04 Å². The Morgan fingerprint density at radius 2 is 1.06 bits per heavy atom. The quantitative estimate of drug-likeness (QED) is 0.307. The van der Waals surface area contributed by atoms with Crippen LogP contribution in [0.3, 0.4) is 0 Å². The Morgan fingerprint density at radius 1 is 0.824 bits per heavy atom. The van der Waals surface area contributed by atoms with E-state index in [1.54, 1.807) is 7.05 Å². The van der Waals surface area contributed by atoms with E-state index >= 15 is 0 Å². The molecule has 0 radical (unpaired) electrons. The van der Waals surface area contributed by atoms with Gasteiger partial charge >= 0.3 is 0 Å². The van der Waals surface area contributed by atoms with Crippen LogP contribution in [-0.2, 0) is 0 Å². The van der Waals surface area contributed by atoms with Crippen molar-refractivity contribution in [2.24, 2.45) is 0 Å². The van der Waals surface area contributed by atoms with Crippen LogP contribution in [0.5, 0.6) is 0 Å². The van der Waals surface area contributed by atoms with Crippen molar-refractivity contribution in [1.82, 2.24) is 18.5 Å². The Labute approximate surface area is 135 Å². The maximum atomic E-state index is 9.88. The highest BCUT2D eigenvalue weighted by atomic mass is 35.5. The van der Waals surface area contributed by atoms with Gasteiger partial charge in [-0.25, -0.2) is 0 Å². The van der Waals surface area contributed by atoms with Crippen LogP contribution in [0.15, 0.2) is 0 Å². The van der Waals surface area contributed by atoms with Gasteiger partial charge in [0.1, 0.15) is 0 Å². The molecule has 1 aliphatic rings. The van der Waals surface area contributed by atoms with Gasteiger partial charge in [-0.3, -0.25) is 0 Å². The van der Waals surface area contributed by atoms with Gasteiger partial charge in [0.25, 0.3) is 0 Å². The molecule has 0 atom stereocenters. The molecule has 16 N–H and O–H groups in total. The van der Waals surface area contributed by atoms with Gasteiger partial charge in [0, 0.05) is 17.7 Å². The van der Waals surface area contributed by atoms with Crippen LogP contribution in [0.1, 0.15) is 25.7 Å². The van der Waals surface area contributed by atoms with Crippen molar-refractivity contribution in [3.8, 4) is 0 Å². The lowest BCUT2D eigenvalue weighted by atomic mass is 10.3. The fourth-order valence-electron chi connectivity index (χ4n) is 1.04. The first-order chi connectivity index (χ1) is 4.43. The van der Waals surface area contributed by atoms with E-state index in [1.807, 2.05) is 5.18 Å². The highest BCUT2D eigenvalue weighted by Gasteiger charge is 2.19. The van der Waals surface area contributed by atoms with Gasteiger partial charge in [-0.15, -0.1) is 0 Å². The highest BCUT2D eigenvalue weighted by molar-refractivity contribution is 4.62. The topological polar surface area (TPSA) is 168 Å². The number of quaternary nitrogens is 4. The molecule has 6 nitrogen and oxygen atoms in total. The minimum Gasteiger partial charge on any atom is -1.00 e. The number of nitrogens with one attached hydrogen (secondary N) is 1. The molecular weight excluding hydrogens is 335 g/mol. The fraction of sp³-hybridized carbons (Fsp3) is 1.00. The van der Waals surface area contributed by atoms with Crippen molar-refractivity contribution in [1.29, 1.82) is 0 Å². The molecule has 0 saturated heterocycles. The number of nitroso groups, excluding NO2 is 1. The van der Waals surface area contributed by atoms with Crippen LogP contribution < -0.4 is 91.4 Å². The molecule has 0 aliphatic heterocycles. The third-order valence-corrected chi connectivity index (χ3v) is 1.52. The largest absolute Gasteiger partial charge is 1.00 e. The number of halogens is 5. The van der Waals surface area contributed by atoms with E-state index in [0.717, 1.165) is 12.8 Å². The van der Waals surface area contributed by atoms with Crippen molar-refractivity contribution >= 4 is 0 Å². The van der Waals surface area contributed by atoms with Crippen LogP contribution in [-0.4, -0.2) is 13.1 Å². The monoisotopic (exact) mass is 361 g/mol. The molecule has 17 heavy (non-hydrogen) atoms. The number of rotatable bonds is 1. The van der Waals surface area contributed by atoms with Gasteiger partial charge < -0.3 is 86.2 Å². The van der Waals surface area contributed by atoms with Gasteiger partial charge in [0.05, 0.1) is 7.05 Å². The number of hydrogen-bond donors (Lipinski definition) is 5. The van der Waals surface area contributed by atoms with Crippen molar-refractivity contribution in [2.75, 3.05) is 7.05 Å². The molecule has 1 fully saturated rings. The molecule has 11 heteroatoms. The summed E-state index contributed by atoms with van der Waals surface area (Å²) in [4.78, 5) is 9.88. The van der Waals surface area contributed by atoms with Crippen molar-refractivity contribution in [2.45, 2.75) is 31.7 Å². The normalized spacial score (nSPS) is 9.76. The van der Waals surface area contributed by atoms with Crippen LogP contribution in [0.2, 0.25) is 0 Å². The lowest BCUT2D eigenvalue weighted by Gasteiger charge is -1.82. The van der Waals surface area contributed by atoms with E-state index in [4.69, 9.17) is 0 Å². The predicted molar refractivity (Wildman–Crippen MR) is 53.4 cm³/mol. The standard InChI is InChI=1S/C5H9NO.CH5N.5ClH.3H3N/c7-6-5-3-1-2-4-5;1-2;;;;;;;;/h5H,1-4H2;2H2,1H3;5*1H;3*1H3. The van der Waals surface area contributed by atoms with Crippen molar-refractivity contribution in [3.63, 3.8) is 0 Å². The molecule has 0 spiro atoms. The Balaban J connectivity index is -0.00000000876. The lowest BCUT2D eigenvalue weighted by Crippen LogP contribution is -3.00. The van der Waals surface area contributed by atoms with E-state index in [9.17, 15) is 4.91 Å². The molecule has 0 heterocycles. The first kappa shape index (κ1) is 64.6. The summed E-state index contributed by atoms with van der Waals surface area (Å²) >= 11 is 0. The molecule has 0 unspecified atom stereocenters. The van der Waals surface area contributed by atoms with Gasteiger partial charge in [-0.05, 0) is 18.0 Å². The summed E-state index contributed by atoms with van der Waals surface area (Å²) in [5.74, 6) is 0. The molecule has 0 aromatic heterocycles. The van der Waals surface area contributed by atoms with Gasteiger partial charge in [0.2, 0.25) is 0 Å². The van der Waals surface area contributed by atoms with Crippen LogP contribution in [0, 0.1) is 4.91 Å². The SMILES string of the molecule is C[NH3+].O=[NH+]C1CCCC1.[Cl-].[Cl-].[Cl-].[Cl-].[Cl-].[NH4+].[NH4+].[NH4+]. The zero-order chi connectivity index (χ0) is 7.11. The maximum Gasteiger partial charge on any atom is 0.198 e. The lowest BCUT2D eigenvalue weighted by molar-refractivity contribution is -0.523. The van der Waals surface area contributed by atoms with E-state index in [-0.39, 0.29) is 80.5 Å². The minimum atomic E-state index is 0. The van der Waals surface area contributed by atoms with Crippen LogP contribution in [0.25, 0.3) is 0 Å². The van der Waals surface area contributed by atoms with E-state index in [1.165, 1.54) is 12.8 Å². The predicted octanol–water partition coefficient (Wildman–Crippen LogP) is -15.2. The second kappa shape index (κ2) is 54.0. The first-order valence-electron chi connectivity index (χ1n) is 3.52. The van der Waals surface area contributed by atoms with Gasteiger partial charge in [-0.1, -0.05) is 0 Å². The average Bonchev–Trinajstić information content (AvgIpc) is 2.43. The fourth-order valence-corrected chi connectivity index (χ4v) is 1.04. The highest BCUT2D eigenvalue weighted by Crippen LogP contribution is 2.13. The average molecular weight is 364 g/mol. The van der Waals surface area contributed by atoms with Gasteiger partial charge in [-0.2, -0.15) is 0 Å². The maximum absolute atomic E-state index is 9.88. The van der Waals surface area contributed by atoms with E-state index < -0.39 is 0 Å². The second-order valence-electron chi connectivity index (χ2n) is 2.10. The Kier molecular flexibility index (Phi) is 205. The number of hydrogen-bond acceptors (Lipinski definition) is 1. The molecule has 0 bridgehead atoms. The molecular formula is C6H28Cl5N5O. The Morgan fingerprint density at radius 3 is 1.18 bits per heavy atom. The summed E-state index contributed by atoms with van der Waals surface area (Å²) in [7, 11) is 1.75. The van der Waals surface area contributed by atoms with Gasteiger partial charge in [0.15, 0.2) is 6.04 Å². The summed E-state index contributed by atoms with van der Waals surface area (Å²) < 4.78 is 0. The molecule has 0 aromatic rings. The molecule has 1 saturated carbocycles. The third kappa shape index (κ3) is 38.3. The zero-order valence-electron chi connectivity index (χ0n) is 10.9. The first-order valence-corrected chi connectivity index (χ1v) is 3.52. The van der Waals surface area contributed by atoms with Crippen molar-refractivity contribution in [3.05, 3.63) is 4.91 Å².